The maximum Gasteiger partial charge on any atom is 0.0636 e. The van der Waals surface area contributed by atoms with Crippen LogP contribution in [0.3, 0.4) is 0 Å². The molecule has 0 aliphatic rings. The summed E-state index contributed by atoms with van der Waals surface area (Å²) in [5, 5.41) is 3.53. The summed E-state index contributed by atoms with van der Waals surface area (Å²) in [5.74, 6) is 0. The van der Waals surface area contributed by atoms with Crippen molar-refractivity contribution in [2.24, 2.45) is 10.1 Å². The van der Waals surface area contributed by atoms with E-state index in [1.54, 1.807) is 25.7 Å². The summed E-state index contributed by atoms with van der Waals surface area (Å²) in [5.41, 5.74) is 9.50. The number of halogens is 1. The van der Waals surface area contributed by atoms with E-state index in [4.69, 9.17) is 5.53 Å². The molecule has 0 aliphatic heterocycles. The second-order valence-corrected chi connectivity index (χ2v) is 2.99. The molecule has 1 aromatic rings. The van der Waals surface area contributed by atoms with Gasteiger partial charge in [0.05, 0.1) is 5.69 Å². The lowest BCUT2D eigenvalue weighted by atomic mass is 10.2. The molecule has 0 saturated heterocycles. The van der Waals surface area contributed by atoms with Crippen LogP contribution in [0.4, 0.5) is 5.69 Å². The summed E-state index contributed by atoms with van der Waals surface area (Å²) < 4.78 is 0.655. The van der Waals surface area contributed by atoms with Crippen molar-refractivity contribution in [1.82, 2.24) is 4.98 Å². The highest BCUT2D eigenvalue weighted by atomic mass is 79.9. The molecule has 0 aliphatic carbocycles. The quantitative estimate of drug-likeness (QED) is 0.339. The summed E-state index contributed by atoms with van der Waals surface area (Å²) in [6.45, 7) is 0. The fourth-order valence-corrected chi connectivity index (χ4v) is 1.25. The lowest BCUT2D eigenvalue weighted by Gasteiger charge is -1.99. The van der Waals surface area contributed by atoms with Gasteiger partial charge in [-0.15, -0.1) is 0 Å². The lowest BCUT2D eigenvalue weighted by Crippen LogP contribution is -1.85. The van der Waals surface area contributed by atoms with Crippen molar-refractivity contribution in [3.8, 4) is 0 Å². The zero-order valence-corrected chi connectivity index (χ0v) is 8.43. The molecule has 1 heterocycles. The van der Waals surface area contributed by atoms with Crippen molar-refractivity contribution >= 4 is 27.8 Å². The monoisotopic (exact) mass is 239 g/mol. The van der Waals surface area contributed by atoms with Gasteiger partial charge < -0.3 is 0 Å². The van der Waals surface area contributed by atoms with Gasteiger partial charge in [-0.25, -0.2) is 0 Å². The molecular weight excluding hydrogens is 234 g/mol. The van der Waals surface area contributed by atoms with Gasteiger partial charge in [-0.05, 0) is 21.5 Å². The van der Waals surface area contributed by atoms with Gasteiger partial charge in [-0.1, -0.05) is 5.11 Å². The lowest BCUT2D eigenvalue weighted by molar-refractivity contribution is 1.27. The first-order chi connectivity index (χ1) is 6.29. The molecule has 6 heteroatoms. The van der Waals surface area contributed by atoms with Crippen molar-refractivity contribution < 1.29 is 0 Å². The second-order valence-electron chi connectivity index (χ2n) is 2.14. The van der Waals surface area contributed by atoms with Gasteiger partial charge in [0.15, 0.2) is 0 Å². The average molecular weight is 240 g/mol. The molecule has 0 N–H and O–H groups in total. The Morgan fingerprint density at radius 3 is 3.00 bits per heavy atom. The highest BCUT2D eigenvalue weighted by Crippen LogP contribution is 2.27. The molecule has 1 rings (SSSR count). The predicted octanol–water partition coefficient (Wildman–Crippen LogP) is 2.83. The topological polar surface area (TPSA) is 74.0 Å². The molecule has 0 amide bonds. The molecule has 0 radical (unpaired) electrons. The Bertz CT molecular complexity index is 380. The van der Waals surface area contributed by atoms with Crippen LogP contribution in [0.15, 0.2) is 27.0 Å². The molecule has 0 unspecified atom stereocenters. The van der Waals surface area contributed by atoms with E-state index in [0.717, 1.165) is 0 Å². The number of aliphatic imine (C=N–C) groups is 1. The van der Waals surface area contributed by atoms with Crippen molar-refractivity contribution in [2.75, 3.05) is 7.05 Å². The maximum atomic E-state index is 8.31. The van der Waals surface area contributed by atoms with E-state index in [1.165, 1.54) is 0 Å². The summed E-state index contributed by atoms with van der Waals surface area (Å²) >= 11 is 3.23. The van der Waals surface area contributed by atoms with Crippen LogP contribution in [0, 0.1) is 0 Å². The SMILES string of the molecule is C/N=C/c1cncc(Br)c1N=[N+]=[N-]. The summed E-state index contributed by atoms with van der Waals surface area (Å²) in [4.78, 5) is 10.5. The molecule has 0 aromatic carbocycles. The van der Waals surface area contributed by atoms with Crippen LogP contribution >= 0.6 is 15.9 Å². The van der Waals surface area contributed by atoms with Crippen LogP contribution in [0.25, 0.3) is 10.4 Å². The molecule has 0 atom stereocenters. The Morgan fingerprint density at radius 1 is 1.62 bits per heavy atom. The third-order valence-corrected chi connectivity index (χ3v) is 1.89. The number of hydrogen-bond donors (Lipinski definition) is 0. The molecule has 0 fully saturated rings. The zero-order valence-electron chi connectivity index (χ0n) is 6.85. The second kappa shape index (κ2) is 4.59. The maximum absolute atomic E-state index is 8.31. The first kappa shape index (κ1) is 9.70. The Labute approximate surface area is 83.3 Å². The van der Waals surface area contributed by atoms with Gasteiger partial charge in [-0.2, -0.15) is 0 Å². The predicted molar refractivity (Wildman–Crippen MR) is 54.3 cm³/mol. The largest absolute Gasteiger partial charge is 0.296 e. The van der Waals surface area contributed by atoms with Crippen LogP contribution in [0.1, 0.15) is 5.56 Å². The number of rotatable bonds is 2. The molecule has 66 valence electrons. The Morgan fingerprint density at radius 2 is 2.38 bits per heavy atom. The highest BCUT2D eigenvalue weighted by molar-refractivity contribution is 9.10. The first-order valence-electron chi connectivity index (χ1n) is 3.40. The third-order valence-electron chi connectivity index (χ3n) is 1.31. The molecule has 1 aromatic heterocycles. The molecule has 5 nitrogen and oxygen atoms in total. The van der Waals surface area contributed by atoms with Crippen molar-refractivity contribution in [3.63, 3.8) is 0 Å². The van der Waals surface area contributed by atoms with Crippen molar-refractivity contribution in [1.29, 1.82) is 0 Å². The highest BCUT2D eigenvalue weighted by Gasteiger charge is 2.02. The summed E-state index contributed by atoms with van der Waals surface area (Å²) in [6, 6.07) is 0. The minimum atomic E-state index is 0.503. The van der Waals surface area contributed by atoms with E-state index in [-0.39, 0.29) is 0 Å². The molecule has 0 spiro atoms. The Balaban J connectivity index is 3.33. The van der Waals surface area contributed by atoms with Gasteiger partial charge in [0.1, 0.15) is 0 Å². The van der Waals surface area contributed by atoms with Gasteiger partial charge in [0.2, 0.25) is 0 Å². The summed E-state index contributed by atoms with van der Waals surface area (Å²) in [6.07, 6.45) is 4.74. The van der Waals surface area contributed by atoms with Crippen LogP contribution < -0.4 is 0 Å². The van der Waals surface area contributed by atoms with E-state index >= 15 is 0 Å². The number of aromatic nitrogens is 1. The smallest absolute Gasteiger partial charge is 0.0636 e. The molecule has 0 saturated carbocycles. The zero-order chi connectivity index (χ0) is 9.68. The van der Waals surface area contributed by atoms with E-state index in [0.29, 0.717) is 15.7 Å². The summed E-state index contributed by atoms with van der Waals surface area (Å²) in [7, 11) is 1.64. The minimum Gasteiger partial charge on any atom is -0.296 e. The minimum absolute atomic E-state index is 0.503. The number of azide groups is 1. The van der Waals surface area contributed by atoms with Crippen LogP contribution in [0.5, 0.6) is 0 Å². The third kappa shape index (κ3) is 2.27. The van der Waals surface area contributed by atoms with Crippen molar-refractivity contribution in [2.45, 2.75) is 0 Å². The normalized spacial score (nSPS) is 10.0. The number of nitrogens with zero attached hydrogens (tertiary/aromatic N) is 5. The fraction of sp³-hybridized carbons (Fsp3) is 0.143. The molecular formula is C7H6BrN5. The van der Waals surface area contributed by atoms with E-state index < -0.39 is 0 Å². The van der Waals surface area contributed by atoms with E-state index in [2.05, 4.69) is 35.9 Å². The number of pyridine rings is 1. The van der Waals surface area contributed by atoms with Crippen LogP contribution in [-0.4, -0.2) is 18.2 Å². The van der Waals surface area contributed by atoms with Gasteiger partial charge in [0.25, 0.3) is 0 Å². The molecule has 13 heavy (non-hydrogen) atoms. The van der Waals surface area contributed by atoms with Crippen LogP contribution in [-0.2, 0) is 0 Å². The van der Waals surface area contributed by atoms with Crippen molar-refractivity contribution in [3.05, 3.63) is 32.9 Å². The molecule has 0 bridgehead atoms. The average Bonchev–Trinajstić information content (AvgIpc) is 2.11. The van der Waals surface area contributed by atoms with E-state index in [9.17, 15) is 0 Å². The van der Waals surface area contributed by atoms with Gasteiger partial charge in [-0.3, -0.25) is 9.98 Å². The van der Waals surface area contributed by atoms with E-state index in [1.807, 2.05) is 0 Å². The number of hydrogen-bond acceptors (Lipinski definition) is 3. The van der Waals surface area contributed by atoms with Gasteiger partial charge >= 0.3 is 0 Å². The Kier molecular flexibility index (Phi) is 3.42. The Hall–Kier alpha value is -1.39. The fourth-order valence-electron chi connectivity index (χ4n) is 0.827. The van der Waals surface area contributed by atoms with Crippen LogP contribution in [0.2, 0.25) is 0 Å². The first-order valence-corrected chi connectivity index (χ1v) is 4.19. The standard InChI is InChI=1S/C7H6BrN5/c1-10-2-5-3-11-4-6(8)7(5)12-13-9/h2-4H,1H3/b10-2+. The van der Waals surface area contributed by atoms with Gasteiger partial charge in [0, 0.05) is 40.6 Å².